The maximum Gasteiger partial charge on any atom is 0.0705 e. The molecule has 1 N–H and O–H groups in total. The molecule has 1 fully saturated rings. The summed E-state index contributed by atoms with van der Waals surface area (Å²) < 4.78 is 0. The fourth-order valence-corrected chi connectivity index (χ4v) is 3.15. The lowest BCUT2D eigenvalue weighted by Gasteiger charge is -2.35. The highest BCUT2D eigenvalue weighted by atomic mass is 16.3. The van der Waals surface area contributed by atoms with E-state index >= 15 is 0 Å². The van der Waals surface area contributed by atoms with E-state index in [9.17, 15) is 5.11 Å². The van der Waals surface area contributed by atoms with E-state index in [-0.39, 0.29) is 6.61 Å². The van der Waals surface area contributed by atoms with E-state index in [0.717, 1.165) is 30.7 Å². The van der Waals surface area contributed by atoms with Crippen molar-refractivity contribution in [1.82, 2.24) is 9.88 Å². The van der Waals surface area contributed by atoms with Gasteiger partial charge in [0.2, 0.25) is 0 Å². The Morgan fingerprint density at radius 2 is 2.05 bits per heavy atom. The second-order valence-corrected chi connectivity index (χ2v) is 5.63. The number of fused-ring (bicyclic) bond motifs is 1. The van der Waals surface area contributed by atoms with Gasteiger partial charge in [-0.25, -0.2) is 0 Å². The molecule has 20 heavy (non-hydrogen) atoms. The van der Waals surface area contributed by atoms with Crippen molar-refractivity contribution in [3.8, 4) is 0 Å². The van der Waals surface area contributed by atoms with Crippen LogP contribution in [0.5, 0.6) is 0 Å². The molecule has 1 unspecified atom stereocenters. The average molecular weight is 270 g/mol. The minimum absolute atomic E-state index is 0.284. The van der Waals surface area contributed by atoms with Crippen molar-refractivity contribution < 1.29 is 5.11 Å². The van der Waals surface area contributed by atoms with Gasteiger partial charge < -0.3 is 5.11 Å². The van der Waals surface area contributed by atoms with Crippen LogP contribution >= 0.6 is 0 Å². The normalized spacial score (nSPS) is 20.4. The lowest BCUT2D eigenvalue weighted by atomic mass is 9.99. The average Bonchev–Trinajstić information content (AvgIpc) is 2.49. The molecular weight excluding hydrogens is 248 g/mol. The van der Waals surface area contributed by atoms with E-state index in [2.05, 4.69) is 29.2 Å². The highest BCUT2D eigenvalue weighted by Crippen LogP contribution is 2.22. The molecule has 3 heteroatoms. The van der Waals surface area contributed by atoms with Crippen LogP contribution < -0.4 is 0 Å². The molecule has 2 aromatic rings. The predicted octanol–water partition coefficient (Wildman–Crippen LogP) is 2.97. The summed E-state index contributed by atoms with van der Waals surface area (Å²) in [5, 5.41) is 10.4. The second kappa shape index (κ2) is 6.33. The molecule has 106 valence electrons. The molecule has 1 aromatic heterocycles. The molecule has 1 aromatic carbocycles. The quantitative estimate of drug-likeness (QED) is 0.928. The summed E-state index contributed by atoms with van der Waals surface area (Å²) in [4.78, 5) is 7.24. The topological polar surface area (TPSA) is 36.4 Å². The van der Waals surface area contributed by atoms with Crippen molar-refractivity contribution in [2.24, 2.45) is 0 Å². The lowest BCUT2D eigenvalue weighted by Crippen LogP contribution is -2.39. The van der Waals surface area contributed by atoms with Gasteiger partial charge >= 0.3 is 0 Å². The number of para-hydroxylation sites is 1. The minimum atomic E-state index is 0.284. The van der Waals surface area contributed by atoms with Crippen molar-refractivity contribution in [3.63, 3.8) is 0 Å². The molecule has 0 saturated carbocycles. The number of piperidine rings is 1. The number of aromatic nitrogens is 1. The molecule has 1 saturated heterocycles. The van der Waals surface area contributed by atoms with Gasteiger partial charge in [-0.05, 0) is 37.9 Å². The molecule has 2 heterocycles. The summed E-state index contributed by atoms with van der Waals surface area (Å²) >= 11 is 0. The molecule has 3 nitrogen and oxygen atoms in total. The fourth-order valence-electron chi connectivity index (χ4n) is 3.15. The summed E-state index contributed by atoms with van der Waals surface area (Å²) in [5.74, 6) is 0. The van der Waals surface area contributed by atoms with Crippen molar-refractivity contribution >= 4 is 10.9 Å². The SMILES string of the molecule is OCCC1CCCCN1Cc1ccc2ccccc2n1. The van der Waals surface area contributed by atoms with Crippen LogP contribution in [0.1, 0.15) is 31.4 Å². The van der Waals surface area contributed by atoms with E-state index in [1.807, 2.05) is 12.1 Å². The number of pyridine rings is 1. The van der Waals surface area contributed by atoms with Crippen LogP contribution in [0, 0.1) is 0 Å². The zero-order valence-electron chi connectivity index (χ0n) is 11.8. The molecular formula is C17H22N2O. The van der Waals surface area contributed by atoms with Gasteiger partial charge in [0.05, 0.1) is 11.2 Å². The number of benzene rings is 1. The Kier molecular flexibility index (Phi) is 4.28. The molecule has 3 rings (SSSR count). The van der Waals surface area contributed by atoms with E-state index in [4.69, 9.17) is 4.98 Å². The van der Waals surface area contributed by atoms with Gasteiger partial charge in [-0.3, -0.25) is 9.88 Å². The summed E-state index contributed by atoms with van der Waals surface area (Å²) in [6.45, 7) is 2.31. The van der Waals surface area contributed by atoms with Crippen LogP contribution in [0.25, 0.3) is 10.9 Å². The van der Waals surface area contributed by atoms with E-state index < -0.39 is 0 Å². The van der Waals surface area contributed by atoms with Crippen LogP contribution in [0.2, 0.25) is 0 Å². The first-order valence-corrected chi connectivity index (χ1v) is 7.56. The molecule has 0 aliphatic carbocycles. The van der Waals surface area contributed by atoms with Gasteiger partial charge in [0, 0.05) is 24.6 Å². The molecule has 0 amide bonds. The maximum absolute atomic E-state index is 9.20. The Morgan fingerprint density at radius 1 is 1.15 bits per heavy atom. The van der Waals surface area contributed by atoms with Crippen molar-refractivity contribution in [2.75, 3.05) is 13.2 Å². The van der Waals surface area contributed by atoms with Crippen LogP contribution in [0.3, 0.4) is 0 Å². The van der Waals surface area contributed by atoms with Crippen molar-refractivity contribution in [2.45, 2.75) is 38.3 Å². The number of aliphatic hydroxyl groups is 1. The summed E-state index contributed by atoms with van der Waals surface area (Å²) in [6, 6.07) is 13.1. The summed E-state index contributed by atoms with van der Waals surface area (Å²) in [6.07, 6.45) is 4.63. The largest absolute Gasteiger partial charge is 0.396 e. The monoisotopic (exact) mass is 270 g/mol. The first kappa shape index (κ1) is 13.5. The second-order valence-electron chi connectivity index (χ2n) is 5.63. The number of rotatable bonds is 4. The third-order valence-corrected chi connectivity index (χ3v) is 4.23. The number of nitrogens with zero attached hydrogens (tertiary/aromatic N) is 2. The first-order valence-electron chi connectivity index (χ1n) is 7.56. The zero-order valence-corrected chi connectivity index (χ0v) is 11.8. The Hall–Kier alpha value is -1.45. The number of hydrogen-bond acceptors (Lipinski definition) is 3. The highest BCUT2D eigenvalue weighted by Gasteiger charge is 2.22. The number of likely N-dealkylation sites (tertiary alicyclic amines) is 1. The van der Waals surface area contributed by atoms with Crippen LogP contribution in [0.15, 0.2) is 36.4 Å². The van der Waals surface area contributed by atoms with E-state index in [1.54, 1.807) is 0 Å². The zero-order chi connectivity index (χ0) is 13.8. The van der Waals surface area contributed by atoms with Gasteiger partial charge in [0.25, 0.3) is 0 Å². The Balaban J connectivity index is 1.77. The van der Waals surface area contributed by atoms with Gasteiger partial charge in [-0.2, -0.15) is 0 Å². The summed E-state index contributed by atoms with van der Waals surface area (Å²) in [7, 11) is 0. The molecule has 1 atom stereocenters. The fraction of sp³-hybridized carbons (Fsp3) is 0.471. The van der Waals surface area contributed by atoms with Gasteiger partial charge in [-0.1, -0.05) is 30.7 Å². The van der Waals surface area contributed by atoms with E-state index in [1.165, 1.54) is 24.6 Å². The molecule has 0 bridgehead atoms. The third kappa shape index (κ3) is 3.00. The maximum atomic E-state index is 9.20. The predicted molar refractivity (Wildman–Crippen MR) is 81.5 cm³/mol. The highest BCUT2D eigenvalue weighted by molar-refractivity contribution is 5.78. The van der Waals surface area contributed by atoms with Crippen LogP contribution in [0.4, 0.5) is 0 Å². The Labute approximate surface area is 120 Å². The molecule has 0 spiro atoms. The smallest absolute Gasteiger partial charge is 0.0705 e. The Bertz CT molecular complexity index is 568. The van der Waals surface area contributed by atoms with Gasteiger partial charge in [-0.15, -0.1) is 0 Å². The molecule has 0 radical (unpaired) electrons. The molecule has 1 aliphatic rings. The number of hydrogen-bond donors (Lipinski definition) is 1. The van der Waals surface area contributed by atoms with E-state index in [0.29, 0.717) is 6.04 Å². The minimum Gasteiger partial charge on any atom is -0.396 e. The van der Waals surface area contributed by atoms with Crippen LogP contribution in [-0.4, -0.2) is 34.2 Å². The van der Waals surface area contributed by atoms with Crippen LogP contribution in [-0.2, 0) is 6.54 Å². The third-order valence-electron chi connectivity index (χ3n) is 4.23. The van der Waals surface area contributed by atoms with Gasteiger partial charge in [0.1, 0.15) is 0 Å². The van der Waals surface area contributed by atoms with Crippen molar-refractivity contribution in [3.05, 3.63) is 42.1 Å². The lowest BCUT2D eigenvalue weighted by molar-refractivity contribution is 0.111. The summed E-state index contributed by atoms with van der Waals surface area (Å²) in [5.41, 5.74) is 2.20. The Morgan fingerprint density at radius 3 is 2.95 bits per heavy atom. The van der Waals surface area contributed by atoms with Crippen molar-refractivity contribution in [1.29, 1.82) is 0 Å². The first-order chi connectivity index (χ1) is 9.86. The van der Waals surface area contributed by atoms with Gasteiger partial charge in [0.15, 0.2) is 0 Å². The molecule has 1 aliphatic heterocycles. The number of aliphatic hydroxyl groups excluding tert-OH is 1. The standard InChI is InChI=1S/C17H22N2O/c20-12-10-16-6-3-4-11-19(16)13-15-9-8-14-5-1-2-7-17(14)18-15/h1-2,5,7-9,16,20H,3-4,6,10-13H2.